The van der Waals surface area contributed by atoms with Crippen molar-refractivity contribution in [2.75, 3.05) is 19.6 Å². The molecule has 3 saturated heterocycles. The Kier molecular flexibility index (Phi) is 5.99. The number of amides is 1. The van der Waals surface area contributed by atoms with Gasteiger partial charge in [0.05, 0.1) is 0 Å². The van der Waals surface area contributed by atoms with Crippen LogP contribution in [0.1, 0.15) is 37.0 Å². The lowest BCUT2D eigenvalue weighted by Crippen LogP contribution is -2.52. The first-order valence-electron chi connectivity index (χ1n) is 9.09. The van der Waals surface area contributed by atoms with Gasteiger partial charge in [0, 0.05) is 30.1 Å². The maximum absolute atomic E-state index is 13.3. The molecule has 9 heteroatoms. The van der Waals surface area contributed by atoms with E-state index < -0.39 is 16.1 Å². The summed E-state index contributed by atoms with van der Waals surface area (Å²) >= 11 is 1.28. The first-order valence-corrected chi connectivity index (χ1v) is 11.4. The zero-order chi connectivity index (χ0) is 17.6. The maximum atomic E-state index is 13.3. The van der Waals surface area contributed by atoms with Gasteiger partial charge in [-0.05, 0) is 57.7 Å². The van der Waals surface area contributed by atoms with Gasteiger partial charge in [0.15, 0.2) is 0 Å². The summed E-state index contributed by atoms with van der Waals surface area (Å²) in [6, 6.07) is 3.43. The van der Waals surface area contributed by atoms with E-state index in [0.717, 1.165) is 43.6 Å². The van der Waals surface area contributed by atoms with Crippen molar-refractivity contribution in [1.82, 2.24) is 14.5 Å². The van der Waals surface area contributed by atoms with Crippen molar-refractivity contribution in [2.24, 2.45) is 0 Å². The van der Waals surface area contributed by atoms with Crippen molar-refractivity contribution < 1.29 is 13.2 Å². The predicted molar refractivity (Wildman–Crippen MR) is 104 cm³/mol. The first kappa shape index (κ1) is 20.1. The summed E-state index contributed by atoms with van der Waals surface area (Å²) in [5, 5.41) is 3.40. The number of carbonyl (C=O) groups excluding carboxylic acids is 1. The summed E-state index contributed by atoms with van der Waals surface area (Å²) in [5.74, 6) is 0.0190. The van der Waals surface area contributed by atoms with Crippen molar-refractivity contribution in [1.29, 1.82) is 0 Å². The number of halogens is 1. The molecule has 0 radical (unpaired) electrons. The van der Waals surface area contributed by atoms with Crippen LogP contribution in [0.4, 0.5) is 0 Å². The first-order chi connectivity index (χ1) is 12.0. The van der Waals surface area contributed by atoms with Crippen molar-refractivity contribution in [3.8, 4) is 0 Å². The van der Waals surface area contributed by atoms with Crippen LogP contribution in [0, 0.1) is 6.92 Å². The Labute approximate surface area is 165 Å². The Morgan fingerprint density at radius 2 is 1.96 bits per heavy atom. The molecule has 0 aromatic carbocycles. The van der Waals surface area contributed by atoms with Gasteiger partial charge < -0.3 is 10.2 Å². The summed E-state index contributed by atoms with van der Waals surface area (Å²) in [7, 11) is -3.59. The largest absolute Gasteiger partial charge is 0.334 e. The van der Waals surface area contributed by atoms with Crippen LogP contribution in [0.15, 0.2) is 16.3 Å². The SMILES string of the molecule is Cc1ccc(S(=O)(=O)N2CCCC2C(=O)N2C3CCNCC2CC3)s1.Cl. The molecule has 3 fully saturated rings. The van der Waals surface area contributed by atoms with Crippen LogP contribution in [0.25, 0.3) is 0 Å². The van der Waals surface area contributed by atoms with Crippen molar-refractivity contribution in [3.63, 3.8) is 0 Å². The Hall–Kier alpha value is -0.670. The highest BCUT2D eigenvalue weighted by Crippen LogP contribution is 2.34. The van der Waals surface area contributed by atoms with Crippen LogP contribution >= 0.6 is 23.7 Å². The van der Waals surface area contributed by atoms with Crippen LogP contribution in [-0.4, -0.2) is 61.3 Å². The minimum Gasteiger partial charge on any atom is -0.334 e. The van der Waals surface area contributed by atoms with E-state index in [-0.39, 0.29) is 30.4 Å². The fraction of sp³-hybridized carbons (Fsp3) is 0.706. The third kappa shape index (κ3) is 3.42. The number of fused-ring (bicyclic) bond motifs is 2. The van der Waals surface area contributed by atoms with E-state index in [0.29, 0.717) is 17.2 Å². The van der Waals surface area contributed by atoms with Crippen molar-refractivity contribution in [3.05, 3.63) is 17.0 Å². The van der Waals surface area contributed by atoms with Crippen LogP contribution in [0.3, 0.4) is 0 Å². The topological polar surface area (TPSA) is 69.7 Å². The fourth-order valence-electron chi connectivity index (χ4n) is 4.46. The van der Waals surface area contributed by atoms with Crippen LogP contribution < -0.4 is 5.32 Å². The zero-order valence-electron chi connectivity index (χ0n) is 14.9. The minimum atomic E-state index is -3.59. The van der Waals surface area contributed by atoms with E-state index in [1.807, 2.05) is 17.9 Å². The molecule has 3 atom stereocenters. The highest BCUT2D eigenvalue weighted by atomic mass is 35.5. The maximum Gasteiger partial charge on any atom is 0.253 e. The Morgan fingerprint density at radius 3 is 2.69 bits per heavy atom. The molecule has 4 heterocycles. The van der Waals surface area contributed by atoms with E-state index in [4.69, 9.17) is 0 Å². The van der Waals surface area contributed by atoms with E-state index in [1.54, 1.807) is 6.07 Å². The molecule has 3 aliphatic heterocycles. The highest BCUT2D eigenvalue weighted by Gasteiger charge is 2.46. The molecule has 146 valence electrons. The van der Waals surface area contributed by atoms with Crippen LogP contribution in [-0.2, 0) is 14.8 Å². The number of nitrogens with one attached hydrogen (secondary N) is 1. The zero-order valence-corrected chi connectivity index (χ0v) is 17.3. The molecule has 2 bridgehead atoms. The quantitative estimate of drug-likeness (QED) is 0.813. The second-order valence-corrected chi connectivity index (χ2v) is 10.7. The van der Waals surface area contributed by atoms with Gasteiger partial charge in [-0.2, -0.15) is 4.31 Å². The molecule has 0 saturated carbocycles. The minimum absolute atomic E-state index is 0. The van der Waals surface area contributed by atoms with Gasteiger partial charge >= 0.3 is 0 Å². The van der Waals surface area contributed by atoms with Crippen molar-refractivity contribution in [2.45, 2.75) is 61.4 Å². The summed E-state index contributed by atoms with van der Waals surface area (Å²) in [4.78, 5) is 16.3. The van der Waals surface area contributed by atoms with Gasteiger partial charge in [-0.25, -0.2) is 8.42 Å². The molecule has 1 aromatic rings. The number of sulfonamides is 1. The number of nitrogens with zero attached hydrogens (tertiary/aromatic N) is 2. The molecule has 6 nitrogen and oxygen atoms in total. The summed E-state index contributed by atoms with van der Waals surface area (Å²) < 4.78 is 27.9. The number of rotatable bonds is 3. The second kappa shape index (κ2) is 7.75. The Morgan fingerprint density at radius 1 is 1.19 bits per heavy atom. The smallest absolute Gasteiger partial charge is 0.253 e. The van der Waals surface area contributed by atoms with Gasteiger partial charge in [0.25, 0.3) is 10.0 Å². The third-order valence-corrected chi connectivity index (χ3v) is 9.05. The lowest BCUT2D eigenvalue weighted by Gasteiger charge is -2.33. The van der Waals surface area contributed by atoms with Crippen LogP contribution in [0.5, 0.6) is 0 Å². The average molecular weight is 420 g/mol. The number of hydrogen-bond acceptors (Lipinski definition) is 5. The lowest BCUT2D eigenvalue weighted by atomic mass is 10.1. The molecule has 1 amide bonds. The Balaban J connectivity index is 0.00000196. The van der Waals surface area contributed by atoms with Gasteiger partial charge in [-0.3, -0.25) is 4.79 Å². The molecule has 1 N–H and O–H groups in total. The van der Waals surface area contributed by atoms with Crippen LogP contribution in [0.2, 0.25) is 0 Å². The molecule has 3 aliphatic rings. The molecule has 4 rings (SSSR count). The monoisotopic (exact) mass is 419 g/mol. The molecule has 1 aromatic heterocycles. The molecular formula is C17H26ClN3O3S2. The Bertz CT molecular complexity index is 753. The van der Waals surface area contributed by atoms with Gasteiger partial charge in [-0.15, -0.1) is 23.7 Å². The van der Waals surface area contributed by atoms with Crippen molar-refractivity contribution >= 4 is 39.7 Å². The predicted octanol–water partition coefficient (Wildman–Crippen LogP) is 1.98. The molecular weight excluding hydrogens is 394 g/mol. The van der Waals surface area contributed by atoms with Gasteiger partial charge in [0.2, 0.25) is 5.91 Å². The molecule has 0 spiro atoms. The van der Waals surface area contributed by atoms with E-state index in [9.17, 15) is 13.2 Å². The normalized spacial score (nSPS) is 29.4. The number of aryl methyl sites for hydroxylation is 1. The summed E-state index contributed by atoms with van der Waals surface area (Å²) in [6.07, 6.45) is 4.41. The van der Waals surface area contributed by atoms with E-state index >= 15 is 0 Å². The molecule has 0 aliphatic carbocycles. The molecule has 26 heavy (non-hydrogen) atoms. The fourth-order valence-corrected chi connectivity index (χ4v) is 7.52. The third-order valence-electron chi connectivity index (χ3n) is 5.68. The van der Waals surface area contributed by atoms with E-state index in [2.05, 4.69) is 5.32 Å². The average Bonchev–Trinajstić information content (AvgIpc) is 3.25. The van der Waals surface area contributed by atoms with Gasteiger partial charge in [0.1, 0.15) is 10.3 Å². The van der Waals surface area contributed by atoms with Gasteiger partial charge in [-0.1, -0.05) is 0 Å². The van der Waals surface area contributed by atoms with E-state index in [1.165, 1.54) is 15.6 Å². The second-order valence-electron chi connectivity index (χ2n) is 7.26. The number of carbonyl (C=O) groups is 1. The number of thiophene rings is 1. The lowest BCUT2D eigenvalue weighted by molar-refractivity contribution is -0.137. The number of hydrogen-bond donors (Lipinski definition) is 1. The highest BCUT2D eigenvalue weighted by molar-refractivity contribution is 7.91. The summed E-state index contributed by atoms with van der Waals surface area (Å²) in [6.45, 7) is 4.10. The molecule has 3 unspecified atom stereocenters. The standard InChI is InChI=1S/C17H25N3O3S2.ClH/c1-12-4-7-16(24-12)25(22,23)19-10-2-3-15(19)17(21)20-13-5-6-14(20)11-18-9-8-13;/h4,7,13-15,18H,2-3,5-6,8-11H2,1H3;1H. The summed E-state index contributed by atoms with van der Waals surface area (Å²) in [5.41, 5.74) is 0.